The van der Waals surface area contributed by atoms with Crippen LogP contribution < -0.4 is 15.6 Å². The van der Waals surface area contributed by atoms with Crippen LogP contribution in [0, 0.1) is 3.57 Å². The average molecular weight is 461 g/mol. The van der Waals surface area contributed by atoms with Gasteiger partial charge < -0.3 is 10.1 Å². The van der Waals surface area contributed by atoms with Crippen molar-refractivity contribution < 1.29 is 9.53 Å². The van der Waals surface area contributed by atoms with Gasteiger partial charge in [0.05, 0.1) is 6.54 Å². The van der Waals surface area contributed by atoms with E-state index >= 15 is 0 Å². The summed E-state index contributed by atoms with van der Waals surface area (Å²) < 4.78 is 7.81. The van der Waals surface area contributed by atoms with Gasteiger partial charge in [0.25, 0.3) is 11.5 Å². The first-order chi connectivity index (χ1) is 12.6. The number of nitrogens with one attached hydrogen (secondary N) is 1. The molecule has 132 valence electrons. The molecule has 0 radical (unpaired) electrons. The number of aromatic nitrogens is 2. The van der Waals surface area contributed by atoms with Crippen LogP contribution >= 0.6 is 22.6 Å². The summed E-state index contributed by atoms with van der Waals surface area (Å²) in [5.74, 6) is 0.345. The predicted molar refractivity (Wildman–Crippen MR) is 108 cm³/mol. The van der Waals surface area contributed by atoms with Gasteiger partial charge in [0, 0.05) is 15.3 Å². The zero-order valence-corrected chi connectivity index (χ0v) is 15.9. The summed E-state index contributed by atoms with van der Waals surface area (Å²) in [4.78, 5) is 24.3. The zero-order valence-electron chi connectivity index (χ0n) is 13.8. The molecule has 0 spiro atoms. The van der Waals surface area contributed by atoms with E-state index in [9.17, 15) is 9.59 Å². The van der Waals surface area contributed by atoms with Crippen molar-refractivity contribution >= 4 is 34.2 Å². The molecule has 0 aliphatic carbocycles. The number of carbonyl (C=O) groups is 1. The first-order valence-electron chi connectivity index (χ1n) is 7.95. The van der Waals surface area contributed by atoms with Gasteiger partial charge in [0.1, 0.15) is 18.1 Å². The SMILES string of the molecule is O=C(Nc1cccc(I)c1)c1ccc(=O)n(CCOc2ccccc2)n1. The Balaban J connectivity index is 1.66. The van der Waals surface area contributed by atoms with Crippen molar-refractivity contribution in [3.8, 4) is 5.75 Å². The largest absolute Gasteiger partial charge is 0.492 e. The molecule has 0 unspecified atom stereocenters. The molecule has 7 heteroatoms. The average Bonchev–Trinajstić information content (AvgIpc) is 2.64. The van der Waals surface area contributed by atoms with E-state index in [1.807, 2.05) is 48.5 Å². The quantitative estimate of drug-likeness (QED) is 0.573. The maximum Gasteiger partial charge on any atom is 0.276 e. The van der Waals surface area contributed by atoms with Gasteiger partial charge in [-0.3, -0.25) is 9.59 Å². The highest BCUT2D eigenvalue weighted by molar-refractivity contribution is 14.1. The van der Waals surface area contributed by atoms with Crippen molar-refractivity contribution in [2.45, 2.75) is 6.54 Å². The normalized spacial score (nSPS) is 10.3. The lowest BCUT2D eigenvalue weighted by atomic mass is 10.3. The fourth-order valence-electron chi connectivity index (χ4n) is 2.26. The second-order valence-corrected chi connectivity index (χ2v) is 6.65. The molecule has 0 saturated heterocycles. The summed E-state index contributed by atoms with van der Waals surface area (Å²) in [6.45, 7) is 0.525. The van der Waals surface area contributed by atoms with Crippen LogP contribution in [0.5, 0.6) is 5.75 Å². The number of anilines is 1. The zero-order chi connectivity index (χ0) is 18.4. The van der Waals surface area contributed by atoms with Gasteiger partial charge in [-0.15, -0.1) is 0 Å². The smallest absolute Gasteiger partial charge is 0.276 e. The number of amides is 1. The summed E-state index contributed by atoms with van der Waals surface area (Å²) >= 11 is 2.17. The number of rotatable bonds is 6. The van der Waals surface area contributed by atoms with Crippen LogP contribution in [0.25, 0.3) is 0 Å². The number of benzene rings is 2. The lowest BCUT2D eigenvalue weighted by Crippen LogP contribution is -2.28. The molecule has 0 bridgehead atoms. The molecule has 2 aromatic carbocycles. The Kier molecular flexibility index (Phi) is 6.00. The summed E-state index contributed by atoms with van der Waals surface area (Å²) in [5.41, 5.74) is 0.560. The summed E-state index contributed by atoms with van der Waals surface area (Å²) in [7, 11) is 0. The van der Waals surface area contributed by atoms with Crippen molar-refractivity contribution in [1.82, 2.24) is 9.78 Å². The number of para-hydroxylation sites is 1. The van der Waals surface area contributed by atoms with Gasteiger partial charge in [-0.1, -0.05) is 24.3 Å². The van der Waals surface area contributed by atoms with Crippen LogP contribution in [0.1, 0.15) is 10.5 Å². The Morgan fingerprint density at radius 3 is 2.65 bits per heavy atom. The highest BCUT2D eigenvalue weighted by Gasteiger charge is 2.10. The molecule has 1 heterocycles. The minimum absolute atomic E-state index is 0.170. The molecule has 0 atom stereocenters. The Hall–Kier alpha value is -2.68. The standard InChI is InChI=1S/C19H16IN3O3/c20-14-5-4-6-15(13-14)21-19(25)17-9-10-18(24)23(22-17)11-12-26-16-7-2-1-3-8-16/h1-10,13H,11-12H2,(H,21,25). The molecule has 26 heavy (non-hydrogen) atoms. The minimum Gasteiger partial charge on any atom is -0.492 e. The summed E-state index contributed by atoms with van der Waals surface area (Å²) in [6, 6.07) is 19.5. The fourth-order valence-corrected chi connectivity index (χ4v) is 2.80. The topological polar surface area (TPSA) is 73.2 Å². The highest BCUT2D eigenvalue weighted by Crippen LogP contribution is 2.13. The van der Waals surface area contributed by atoms with Gasteiger partial charge in [-0.25, -0.2) is 4.68 Å². The lowest BCUT2D eigenvalue weighted by molar-refractivity contribution is 0.101. The number of carbonyl (C=O) groups excluding carboxylic acids is 1. The van der Waals surface area contributed by atoms with Crippen molar-refractivity contribution in [2.75, 3.05) is 11.9 Å². The molecule has 6 nitrogen and oxygen atoms in total. The lowest BCUT2D eigenvalue weighted by Gasteiger charge is -2.09. The third-order valence-electron chi connectivity index (χ3n) is 3.50. The predicted octanol–water partition coefficient (Wildman–Crippen LogP) is 3.18. The van der Waals surface area contributed by atoms with Crippen LogP contribution in [0.2, 0.25) is 0 Å². The Bertz CT molecular complexity index is 957. The maximum atomic E-state index is 12.4. The van der Waals surface area contributed by atoms with Crippen molar-refractivity contribution in [2.24, 2.45) is 0 Å². The molecule has 0 fully saturated rings. The number of ether oxygens (including phenoxy) is 1. The van der Waals surface area contributed by atoms with Crippen LogP contribution in [0.4, 0.5) is 5.69 Å². The summed E-state index contributed by atoms with van der Waals surface area (Å²) in [5, 5.41) is 6.91. The number of halogens is 1. The Morgan fingerprint density at radius 2 is 1.88 bits per heavy atom. The molecule has 1 amide bonds. The molecular weight excluding hydrogens is 445 g/mol. The fraction of sp³-hybridized carbons (Fsp3) is 0.105. The second-order valence-electron chi connectivity index (χ2n) is 5.41. The van der Waals surface area contributed by atoms with Crippen LogP contribution in [-0.2, 0) is 6.54 Å². The van der Waals surface area contributed by atoms with E-state index in [4.69, 9.17) is 4.74 Å². The van der Waals surface area contributed by atoms with E-state index in [1.54, 1.807) is 6.07 Å². The molecule has 0 saturated carbocycles. The Morgan fingerprint density at radius 1 is 1.08 bits per heavy atom. The first-order valence-corrected chi connectivity index (χ1v) is 9.02. The van der Waals surface area contributed by atoms with Crippen molar-refractivity contribution in [3.05, 3.63) is 86.3 Å². The van der Waals surface area contributed by atoms with Crippen LogP contribution in [0.3, 0.4) is 0 Å². The molecule has 0 aliphatic rings. The van der Waals surface area contributed by atoms with Gasteiger partial charge in [-0.2, -0.15) is 5.10 Å². The van der Waals surface area contributed by atoms with E-state index in [0.29, 0.717) is 11.4 Å². The van der Waals surface area contributed by atoms with Gasteiger partial charge in [0.15, 0.2) is 0 Å². The number of nitrogens with zero attached hydrogens (tertiary/aromatic N) is 2. The maximum absolute atomic E-state index is 12.4. The molecule has 3 aromatic rings. The van der Waals surface area contributed by atoms with E-state index in [2.05, 4.69) is 33.0 Å². The minimum atomic E-state index is -0.371. The van der Waals surface area contributed by atoms with Crippen LogP contribution in [-0.4, -0.2) is 22.3 Å². The third-order valence-corrected chi connectivity index (χ3v) is 4.17. The van der Waals surface area contributed by atoms with E-state index in [-0.39, 0.29) is 30.3 Å². The number of hydrogen-bond acceptors (Lipinski definition) is 4. The Labute approximate surface area is 164 Å². The van der Waals surface area contributed by atoms with E-state index < -0.39 is 0 Å². The monoisotopic (exact) mass is 461 g/mol. The van der Waals surface area contributed by atoms with Gasteiger partial charge >= 0.3 is 0 Å². The molecule has 3 rings (SSSR count). The second kappa shape index (κ2) is 8.61. The van der Waals surface area contributed by atoms with Gasteiger partial charge in [0.2, 0.25) is 0 Å². The highest BCUT2D eigenvalue weighted by atomic mass is 127. The molecular formula is C19H16IN3O3. The summed E-state index contributed by atoms with van der Waals surface area (Å²) in [6.07, 6.45) is 0. The van der Waals surface area contributed by atoms with Crippen LogP contribution in [0.15, 0.2) is 71.5 Å². The van der Waals surface area contributed by atoms with Crippen molar-refractivity contribution in [3.63, 3.8) is 0 Å². The van der Waals surface area contributed by atoms with Gasteiger partial charge in [-0.05, 0) is 59.0 Å². The number of hydrogen-bond donors (Lipinski definition) is 1. The third kappa shape index (κ3) is 4.92. The van der Waals surface area contributed by atoms with Crippen molar-refractivity contribution in [1.29, 1.82) is 0 Å². The first kappa shape index (κ1) is 18.1. The molecule has 1 aromatic heterocycles. The molecule has 0 aliphatic heterocycles. The molecule has 1 N–H and O–H groups in total. The van der Waals surface area contributed by atoms with E-state index in [0.717, 1.165) is 3.57 Å². The van der Waals surface area contributed by atoms with E-state index in [1.165, 1.54) is 16.8 Å².